The molecule has 0 fully saturated rings. The molecule has 0 aliphatic heterocycles. The van der Waals surface area contributed by atoms with Gasteiger partial charge in [-0.25, -0.2) is 0 Å². The lowest BCUT2D eigenvalue weighted by Crippen LogP contribution is -2.07. The van der Waals surface area contributed by atoms with Crippen molar-refractivity contribution in [3.05, 3.63) is 64.2 Å². The number of benzene rings is 2. The van der Waals surface area contributed by atoms with Crippen molar-refractivity contribution in [2.75, 3.05) is 5.32 Å². The van der Waals surface area contributed by atoms with E-state index in [0.29, 0.717) is 0 Å². The third kappa shape index (κ3) is 2.43. The van der Waals surface area contributed by atoms with Gasteiger partial charge in [0.2, 0.25) is 0 Å². The fourth-order valence-electron chi connectivity index (χ4n) is 2.60. The number of anilines is 1. The Kier molecular flexibility index (Phi) is 3.15. The van der Waals surface area contributed by atoms with Gasteiger partial charge < -0.3 is 5.32 Å². The second kappa shape index (κ2) is 4.95. The van der Waals surface area contributed by atoms with E-state index in [1.165, 1.54) is 11.1 Å². The molecule has 0 saturated heterocycles. The minimum absolute atomic E-state index is 0.266. The monoisotopic (exact) mass is 268 g/mol. The molecule has 1 aliphatic rings. The predicted octanol–water partition coefficient (Wildman–Crippen LogP) is 4.31. The fourth-order valence-corrected chi connectivity index (χ4v) is 2.79. The quantitative estimate of drug-likeness (QED) is 0.881. The van der Waals surface area contributed by atoms with Gasteiger partial charge in [-0.05, 0) is 54.3 Å². The number of hydrogen-bond acceptors (Lipinski definition) is 2. The van der Waals surface area contributed by atoms with Crippen LogP contribution < -0.4 is 5.32 Å². The Morgan fingerprint density at radius 2 is 2.11 bits per heavy atom. The minimum atomic E-state index is 0.266. The minimum Gasteiger partial charge on any atom is -0.378 e. The van der Waals surface area contributed by atoms with Crippen LogP contribution >= 0.6 is 11.6 Å². The summed E-state index contributed by atoms with van der Waals surface area (Å²) < 4.78 is 0. The molecule has 2 aromatic rings. The molecule has 0 heterocycles. The summed E-state index contributed by atoms with van der Waals surface area (Å²) in [6, 6.07) is 16.1. The van der Waals surface area contributed by atoms with Crippen LogP contribution in [0.2, 0.25) is 5.02 Å². The molecule has 0 bridgehead atoms. The molecule has 2 aromatic carbocycles. The van der Waals surface area contributed by atoms with Gasteiger partial charge in [0.15, 0.2) is 0 Å². The SMILES string of the molecule is N#Cc1ccc2c(c1)C(Nc1cccc(Cl)c1)CC2. The van der Waals surface area contributed by atoms with Crippen LogP contribution in [0.1, 0.15) is 29.2 Å². The van der Waals surface area contributed by atoms with Crippen LogP contribution in [0.15, 0.2) is 42.5 Å². The smallest absolute Gasteiger partial charge is 0.0991 e. The van der Waals surface area contributed by atoms with Crippen molar-refractivity contribution in [3.63, 3.8) is 0 Å². The first-order valence-electron chi connectivity index (χ1n) is 6.31. The van der Waals surface area contributed by atoms with Crippen molar-refractivity contribution in [2.24, 2.45) is 0 Å². The molecule has 0 amide bonds. The molecule has 1 aliphatic carbocycles. The van der Waals surface area contributed by atoms with Gasteiger partial charge in [-0.3, -0.25) is 0 Å². The number of fused-ring (bicyclic) bond motifs is 1. The molecule has 19 heavy (non-hydrogen) atoms. The Balaban J connectivity index is 1.88. The van der Waals surface area contributed by atoms with E-state index in [1.807, 2.05) is 36.4 Å². The maximum Gasteiger partial charge on any atom is 0.0991 e. The lowest BCUT2D eigenvalue weighted by molar-refractivity contribution is 0.762. The molecule has 1 atom stereocenters. The predicted molar refractivity (Wildman–Crippen MR) is 77.3 cm³/mol. The summed E-state index contributed by atoms with van der Waals surface area (Å²) in [5.74, 6) is 0. The average Bonchev–Trinajstić information content (AvgIpc) is 2.81. The van der Waals surface area contributed by atoms with Crippen molar-refractivity contribution in [3.8, 4) is 6.07 Å². The van der Waals surface area contributed by atoms with Crippen LogP contribution in [0, 0.1) is 11.3 Å². The zero-order chi connectivity index (χ0) is 13.2. The van der Waals surface area contributed by atoms with Gasteiger partial charge in [0, 0.05) is 10.7 Å². The maximum atomic E-state index is 8.99. The third-order valence-electron chi connectivity index (χ3n) is 3.52. The number of nitrogens with one attached hydrogen (secondary N) is 1. The Bertz CT molecular complexity index is 658. The molecule has 0 aromatic heterocycles. The average molecular weight is 269 g/mol. The van der Waals surface area contributed by atoms with Crippen LogP contribution in [0.3, 0.4) is 0 Å². The first-order chi connectivity index (χ1) is 9.26. The van der Waals surface area contributed by atoms with Crippen molar-refractivity contribution in [2.45, 2.75) is 18.9 Å². The second-order valence-corrected chi connectivity index (χ2v) is 5.21. The molecule has 0 saturated carbocycles. The van der Waals surface area contributed by atoms with Crippen LogP contribution in [0.5, 0.6) is 0 Å². The molecule has 0 spiro atoms. The Morgan fingerprint density at radius 1 is 1.21 bits per heavy atom. The van der Waals surface area contributed by atoms with Crippen LogP contribution in [0.4, 0.5) is 5.69 Å². The molecule has 2 nitrogen and oxygen atoms in total. The summed E-state index contributed by atoms with van der Waals surface area (Å²) in [5.41, 5.74) is 4.31. The maximum absolute atomic E-state index is 8.99. The van der Waals surface area contributed by atoms with E-state index in [0.717, 1.165) is 29.1 Å². The lowest BCUT2D eigenvalue weighted by Gasteiger charge is -2.16. The molecule has 1 N–H and O–H groups in total. The molecule has 94 valence electrons. The summed E-state index contributed by atoms with van der Waals surface area (Å²) in [5, 5.41) is 13.2. The summed E-state index contributed by atoms with van der Waals surface area (Å²) in [6.45, 7) is 0. The van der Waals surface area contributed by atoms with Crippen molar-refractivity contribution in [1.82, 2.24) is 0 Å². The standard InChI is InChI=1S/C16H13ClN2/c17-13-2-1-3-14(9-13)19-16-7-6-12-5-4-11(10-18)8-15(12)16/h1-5,8-9,16,19H,6-7H2. The van der Waals surface area contributed by atoms with Gasteiger partial charge in [0.1, 0.15) is 0 Å². The Hall–Kier alpha value is -1.98. The van der Waals surface area contributed by atoms with Gasteiger partial charge in [0.25, 0.3) is 0 Å². The summed E-state index contributed by atoms with van der Waals surface area (Å²) in [7, 11) is 0. The van der Waals surface area contributed by atoms with E-state index in [-0.39, 0.29) is 6.04 Å². The van der Waals surface area contributed by atoms with E-state index in [9.17, 15) is 0 Å². The zero-order valence-electron chi connectivity index (χ0n) is 10.4. The van der Waals surface area contributed by atoms with E-state index in [4.69, 9.17) is 16.9 Å². The summed E-state index contributed by atoms with van der Waals surface area (Å²) in [4.78, 5) is 0. The number of halogens is 1. The normalized spacial score (nSPS) is 16.7. The lowest BCUT2D eigenvalue weighted by atomic mass is 10.0. The molecular formula is C16H13ClN2. The highest BCUT2D eigenvalue weighted by atomic mass is 35.5. The van der Waals surface area contributed by atoms with E-state index >= 15 is 0 Å². The molecule has 3 rings (SSSR count). The molecule has 3 heteroatoms. The fraction of sp³-hybridized carbons (Fsp3) is 0.188. The molecular weight excluding hydrogens is 256 g/mol. The number of hydrogen-bond donors (Lipinski definition) is 1. The van der Waals surface area contributed by atoms with E-state index in [1.54, 1.807) is 0 Å². The first kappa shape index (κ1) is 12.1. The number of aryl methyl sites for hydroxylation is 1. The molecule has 1 unspecified atom stereocenters. The topological polar surface area (TPSA) is 35.8 Å². The van der Waals surface area contributed by atoms with Gasteiger partial charge in [-0.15, -0.1) is 0 Å². The van der Waals surface area contributed by atoms with Gasteiger partial charge in [-0.1, -0.05) is 23.7 Å². The van der Waals surface area contributed by atoms with E-state index < -0.39 is 0 Å². The first-order valence-corrected chi connectivity index (χ1v) is 6.69. The van der Waals surface area contributed by atoms with Gasteiger partial charge >= 0.3 is 0 Å². The van der Waals surface area contributed by atoms with Crippen LogP contribution in [-0.4, -0.2) is 0 Å². The number of rotatable bonds is 2. The highest BCUT2D eigenvalue weighted by Crippen LogP contribution is 2.34. The van der Waals surface area contributed by atoms with Gasteiger partial charge in [-0.2, -0.15) is 5.26 Å². The highest BCUT2D eigenvalue weighted by Gasteiger charge is 2.22. The summed E-state index contributed by atoms with van der Waals surface area (Å²) in [6.07, 6.45) is 2.11. The number of nitrogens with zero attached hydrogens (tertiary/aromatic N) is 1. The van der Waals surface area contributed by atoms with Crippen molar-refractivity contribution < 1.29 is 0 Å². The van der Waals surface area contributed by atoms with Crippen molar-refractivity contribution >= 4 is 17.3 Å². The Labute approximate surface area is 117 Å². The van der Waals surface area contributed by atoms with E-state index in [2.05, 4.69) is 17.5 Å². The zero-order valence-corrected chi connectivity index (χ0v) is 11.1. The number of nitriles is 1. The highest BCUT2D eigenvalue weighted by molar-refractivity contribution is 6.30. The summed E-state index contributed by atoms with van der Waals surface area (Å²) >= 11 is 6.00. The molecule has 0 radical (unpaired) electrons. The largest absolute Gasteiger partial charge is 0.378 e. The van der Waals surface area contributed by atoms with Gasteiger partial charge in [0.05, 0.1) is 17.7 Å². The second-order valence-electron chi connectivity index (χ2n) is 4.77. The van der Waals surface area contributed by atoms with Crippen LogP contribution in [0.25, 0.3) is 0 Å². The van der Waals surface area contributed by atoms with Crippen LogP contribution in [-0.2, 0) is 6.42 Å². The third-order valence-corrected chi connectivity index (χ3v) is 3.75. The Morgan fingerprint density at radius 3 is 2.89 bits per heavy atom. The van der Waals surface area contributed by atoms with Crippen molar-refractivity contribution in [1.29, 1.82) is 5.26 Å².